The van der Waals surface area contributed by atoms with Crippen molar-refractivity contribution in [1.29, 1.82) is 0 Å². The van der Waals surface area contributed by atoms with E-state index in [0.29, 0.717) is 0 Å². The zero-order valence-electron chi connectivity index (χ0n) is 15.6. The molecule has 0 bridgehead atoms. The summed E-state index contributed by atoms with van der Waals surface area (Å²) in [6.07, 6.45) is 0.847. The number of para-hydroxylation sites is 1. The maximum atomic E-state index is 12.5. The van der Waals surface area contributed by atoms with Crippen molar-refractivity contribution in [2.75, 3.05) is 5.32 Å². The largest absolute Gasteiger partial charge is 0.437 e. The van der Waals surface area contributed by atoms with Crippen LogP contribution in [0.1, 0.15) is 17.5 Å². The molecule has 1 amide bonds. The second-order valence-corrected chi connectivity index (χ2v) is 7.44. The first-order valence-corrected chi connectivity index (χ1v) is 10.1. The van der Waals surface area contributed by atoms with Crippen molar-refractivity contribution in [3.8, 4) is 10.8 Å². The number of carbonyl (C=O) groups excluding carboxylic acids is 1. The first-order valence-electron chi connectivity index (χ1n) is 9.22. The van der Waals surface area contributed by atoms with Crippen LogP contribution in [0.3, 0.4) is 0 Å². The van der Waals surface area contributed by atoms with E-state index in [2.05, 4.69) is 22.5 Å². The number of aromatic nitrogens is 2. The summed E-state index contributed by atoms with van der Waals surface area (Å²) in [6, 6.07) is 21.5. The highest BCUT2D eigenvalue weighted by Gasteiger charge is 2.13. The highest BCUT2D eigenvalue weighted by Crippen LogP contribution is 2.21. The smallest absolute Gasteiger partial charge is 0.387 e. The fourth-order valence-electron chi connectivity index (χ4n) is 2.98. The second kappa shape index (κ2) is 8.70. The van der Waals surface area contributed by atoms with Crippen molar-refractivity contribution >= 4 is 22.9 Å². The van der Waals surface area contributed by atoms with Gasteiger partial charge in [0.15, 0.2) is 0 Å². The van der Waals surface area contributed by atoms with E-state index >= 15 is 0 Å². The minimum atomic E-state index is -0.564. The minimum absolute atomic E-state index is 0.121. The zero-order chi connectivity index (χ0) is 20.1. The molecule has 7 heteroatoms. The van der Waals surface area contributed by atoms with Gasteiger partial charge in [0, 0.05) is 12.1 Å². The van der Waals surface area contributed by atoms with Gasteiger partial charge in [-0.2, -0.15) is 4.68 Å². The number of benzene rings is 2. The number of carbonyl (C=O) groups is 1. The van der Waals surface area contributed by atoms with E-state index in [-0.39, 0.29) is 24.8 Å². The summed E-state index contributed by atoms with van der Waals surface area (Å²) in [4.78, 5) is 25.2. The molecule has 6 nitrogen and oxygen atoms in total. The normalized spacial score (nSPS) is 10.8. The van der Waals surface area contributed by atoms with Crippen LogP contribution in [0.5, 0.6) is 0 Å². The predicted molar refractivity (Wildman–Crippen MR) is 113 cm³/mol. The molecule has 0 atom stereocenters. The molecule has 146 valence electrons. The Labute approximate surface area is 171 Å². The molecule has 0 saturated heterocycles. The Morgan fingerprint density at radius 3 is 2.62 bits per heavy atom. The lowest BCUT2D eigenvalue weighted by Gasteiger charge is -2.11. The quantitative estimate of drug-likeness (QED) is 0.500. The Hall–Kier alpha value is -3.45. The van der Waals surface area contributed by atoms with Crippen molar-refractivity contribution in [3.63, 3.8) is 0 Å². The lowest BCUT2D eigenvalue weighted by molar-refractivity contribution is -0.116. The molecule has 0 radical (unpaired) electrons. The van der Waals surface area contributed by atoms with Gasteiger partial charge in [-0.15, -0.1) is 16.4 Å². The number of rotatable bonds is 7. The van der Waals surface area contributed by atoms with E-state index in [1.54, 1.807) is 0 Å². The van der Waals surface area contributed by atoms with Crippen LogP contribution in [0, 0.1) is 0 Å². The average molecular weight is 405 g/mol. The average Bonchev–Trinajstić information content (AvgIpc) is 3.39. The number of anilines is 1. The summed E-state index contributed by atoms with van der Waals surface area (Å²) < 4.78 is 6.36. The summed E-state index contributed by atoms with van der Waals surface area (Å²) >= 11 is 1.44. The molecule has 0 aliphatic carbocycles. The molecule has 2 aromatic carbocycles. The van der Waals surface area contributed by atoms with Crippen LogP contribution in [0.25, 0.3) is 10.8 Å². The van der Waals surface area contributed by atoms with Crippen LogP contribution in [0.15, 0.2) is 81.3 Å². The molecular formula is C22H19N3O3S. The van der Waals surface area contributed by atoms with E-state index in [0.717, 1.165) is 22.5 Å². The number of hydrogen-bond donors (Lipinski definition) is 1. The van der Waals surface area contributed by atoms with Gasteiger partial charge in [-0.25, -0.2) is 4.79 Å². The van der Waals surface area contributed by atoms with E-state index in [9.17, 15) is 9.59 Å². The molecule has 2 aromatic heterocycles. The van der Waals surface area contributed by atoms with E-state index in [4.69, 9.17) is 4.42 Å². The van der Waals surface area contributed by atoms with Crippen LogP contribution in [-0.4, -0.2) is 15.7 Å². The topological polar surface area (TPSA) is 77.1 Å². The van der Waals surface area contributed by atoms with Gasteiger partial charge in [-0.05, 0) is 35.1 Å². The van der Waals surface area contributed by atoms with E-state index in [1.807, 2.05) is 60.0 Å². The highest BCUT2D eigenvalue weighted by atomic mass is 32.1. The minimum Gasteiger partial charge on any atom is -0.387 e. The summed E-state index contributed by atoms with van der Waals surface area (Å²) in [6.45, 7) is 0.153. The molecule has 29 heavy (non-hydrogen) atoms. The summed E-state index contributed by atoms with van der Waals surface area (Å²) in [5, 5.41) is 9.00. The van der Waals surface area contributed by atoms with Gasteiger partial charge in [0.1, 0.15) is 0 Å². The number of amides is 1. The Kier molecular flexibility index (Phi) is 5.67. The van der Waals surface area contributed by atoms with Gasteiger partial charge in [0.05, 0.1) is 11.4 Å². The predicted octanol–water partition coefficient (Wildman–Crippen LogP) is 4.18. The SMILES string of the molecule is O=C(CCn1nc(-c2cccs2)oc1=O)Nc1ccccc1Cc1ccccc1. The third kappa shape index (κ3) is 4.70. The van der Waals surface area contributed by atoms with E-state index in [1.165, 1.54) is 21.6 Å². The van der Waals surface area contributed by atoms with Crippen molar-refractivity contribution < 1.29 is 9.21 Å². The molecule has 0 aliphatic heterocycles. The maximum Gasteiger partial charge on any atom is 0.437 e. The van der Waals surface area contributed by atoms with Crippen molar-refractivity contribution in [3.05, 3.63) is 93.8 Å². The van der Waals surface area contributed by atoms with Gasteiger partial charge < -0.3 is 9.73 Å². The molecule has 0 aliphatic rings. The highest BCUT2D eigenvalue weighted by molar-refractivity contribution is 7.13. The van der Waals surface area contributed by atoms with Gasteiger partial charge in [-0.1, -0.05) is 54.6 Å². The third-order valence-electron chi connectivity index (χ3n) is 4.42. The van der Waals surface area contributed by atoms with Crippen molar-refractivity contribution in [2.24, 2.45) is 0 Å². The van der Waals surface area contributed by atoms with Crippen LogP contribution >= 0.6 is 11.3 Å². The second-order valence-electron chi connectivity index (χ2n) is 6.49. The fraction of sp³-hybridized carbons (Fsp3) is 0.136. The first kappa shape index (κ1) is 18.9. The van der Waals surface area contributed by atoms with Gasteiger partial charge in [0.25, 0.3) is 5.89 Å². The molecule has 0 spiro atoms. The number of nitrogens with zero attached hydrogens (tertiary/aromatic N) is 2. The van der Waals surface area contributed by atoms with Crippen LogP contribution < -0.4 is 11.1 Å². The number of aryl methyl sites for hydroxylation is 1. The maximum absolute atomic E-state index is 12.5. The van der Waals surface area contributed by atoms with Gasteiger partial charge in [-0.3, -0.25) is 4.79 Å². The molecule has 0 fully saturated rings. The Morgan fingerprint density at radius 2 is 1.83 bits per heavy atom. The Bertz CT molecular complexity index is 1150. The molecule has 0 unspecified atom stereocenters. The molecule has 4 aromatic rings. The number of nitrogens with one attached hydrogen (secondary N) is 1. The Morgan fingerprint density at radius 1 is 1.03 bits per heavy atom. The molecule has 0 saturated carbocycles. The summed E-state index contributed by atoms with van der Waals surface area (Å²) in [7, 11) is 0. The van der Waals surface area contributed by atoms with Gasteiger partial charge >= 0.3 is 5.76 Å². The summed E-state index contributed by atoms with van der Waals surface area (Å²) in [5.41, 5.74) is 2.98. The molecule has 4 rings (SSSR count). The monoisotopic (exact) mass is 405 g/mol. The molecular weight excluding hydrogens is 386 g/mol. The Balaban J connectivity index is 1.40. The first-order chi connectivity index (χ1) is 14.2. The van der Waals surface area contributed by atoms with Crippen molar-refractivity contribution in [2.45, 2.75) is 19.4 Å². The van der Waals surface area contributed by atoms with E-state index < -0.39 is 5.76 Å². The number of hydrogen-bond acceptors (Lipinski definition) is 5. The third-order valence-corrected chi connectivity index (χ3v) is 5.28. The lowest BCUT2D eigenvalue weighted by Crippen LogP contribution is -2.21. The lowest BCUT2D eigenvalue weighted by atomic mass is 10.0. The zero-order valence-corrected chi connectivity index (χ0v) is 16.4. The van der Waals surface area contributed by atoms with Crippen molar-refractivity contribution in [1.82, 2.24) is 9.78 Å². The molecule has 1 N–H and O–H groups in total. The summed E-state index contributed by atoms with van der Waals surface area (Å²) in [5.74, 6) is -0.470. The van der Waals surface area contributed by atoms with Crippen LogP contribution in [-0.2, 0) is 17.8 Å². The standard InChI is InChI=1S/C22H19N3O3S/c26-20(12-13-25-22(27)28-21(24-25)19-11-6-14-29-19)23-18-10-5-4-9-17(18)15-16-7-2-1-3-8-16/h1-11,14H,12-13,15H2,(H,23,26). The molecule has 2 heterocycles. The van der Waals surface area contributed by atoms with Crippen LogP contribution in [0.2, 0.25) is 0 Å². The fourth-order valence-corrected chi connectivity index (χ4v) is 3.62. The number of thiophene rings is 1. The van der Waals surface area contributed by atoms with Crippen LogP contribution in [0.4, 0.5) is 5.69 Å². The van der Waals surface area contributed by atoms with Gasteiger partial charge in [0.2, 0.25) is 5.91 Å².